The third kappa shape index (κ3) is 4.65. The van der Waals surface area contributed by atoms with E-state index in [-0.39, 0.29) is 24.9 Å². The van der Waals surface area contributed by atoms with Crippen LogP contribution in [0.15, 0.2) is 18.2 Å². The number of carbonyl (C=O) groups excluding carboxylic acids is 1. The first-order valence-electron chi connectivity index (χ1n) is 8.03. The van der Waals surface area contributed by atoms with Gasteiger partial charge in [0, 0.05) is 0 Å². The van der Waals surface area contributed by atoms with Crippen molar-refractivity contribution in [2.75, 3.05) is 35.8 Å². The lowest BCUT2D eigenvalue weighted by Gasteiger charge is -2.23. The largest absolute Gasteiger partial charge is 0.441 e. The average molecular weight is 389 g/mol. The van der Waals surface area contributed by atoms with Gasteiger partial charge in [0.1, 0.15) is 18.5 Å². The van der Waals surface area contributed by atoms with Crippen molar-refractivity contribution in [3.8, 4) is 0 Å². The van der Waals surface area contributed by atoms with Crippen molar-refractivity contribution in [3.05, 3.63) is 29.6 Å². The standard InChI is InChI=1S/C16H20FNO5S2/c1-25(20,21)22-10-13-9-18(16(19)23-13)12-2-3-14(15(17)8-12)11-4-6-24-7-5-11/h2-3,8,11,13H,4-7,9-10H2,1H3/t13-/m1/s1. The minimum Gasteiger partial charge on any atom is -0.441 e. The van der Waals surface area contributed by atoms with Gasteiger partial charge in [-0.1, -0.05) is 6.07 Å². The summed E-state index contributed by atoms with van der Waals surface area (Å²) in [6.45, 7) is -0.130. The van der Waals surface area contributed by atoms with Gasteiger partial charge in [-0.15, -0.1) is 0 Å². The van der Waals surface area contributed by atoms with Crippen LogP contribution in [0, 0.1) is 5.82 Å². The van der Waals surface area contributed by atoms with Gasteiger partial charge in [-0.25, -0.2) is 9.18 Å². The first kappa shape index (κ1) is 18.5. The molecule has 2 fully saturated rings. The summed E-state index contributed by atoms with van der Waals surface area (Å²) in [5.41, 5.74) is 1.09. The molecule has 0 bridgehead atoms. The van der Waals surface area contributed by atoms with Crippen LogP contribution in [0.5, 0.6) is 0 Å². The monoisotopic (exact) mass is 389 g/mol. The summed E-state index contributed by atoms with van der Waals surface area (Å²) >= 11 is 1.88. The molecule has 0 aliphatic carbocycles. The predicted octanol–water partition coefficient (Wildman–Crippen LogP) is 2.74. The van der Waals surface area contributed by atoms with E-state index in [9.17, 15) is 17.6 Å². The number of rotatable bonds is 5. The van der Waals surface area contributed by atoms with Crippen molar-refractivity contribution in [1.82, 2.24) is 0 Å². The molecule has 138 valence electrons. The van der Waals surface area contributed by atoms with E-state index in [4.69, 9.17) is 4.74 Å². The Morgan fingerprint density at radius 2 is 2.08 bits per heavy atom. The number of anilines is 1. The Balaban J connectivity index is 1.69. The number of ether oxygens (including phenoxy) is 1. The molecule has 0 saturated carbocycles. The number of carbonyl (C=O) groups is 1. The van der Waals surface area contributed by atoms with Crippen LogP contribution in [0.25, 0.3) is 0 Å². The highest BCUT2D eigenvalue weighted by Gasteiger charge is 2.34. The van der Waals surface area contributed by atoms with Crippen LogP contribution in [-0.2, 0) is 19.0 Å². The summed E-state index contributed by atoms with van der Waals surface area (Å²) < 4.78 is 46.3. The number of amides is 1. The summed E-state index contributed by atoms with van der Waals surface area (Å²) in [6.07, 6.45) is 1.50. The number of hydrogen-bond acceptors (Lipinski definition) is 6. The zero-order valence-corrected chi connectivity index (χ0v) is 15.4. The summed E-state index contributed by atoms with van der Waals surface area (Å²) in [6, 6.07) is 4.79. The summed E-state index contributed by atoms with van der Waals surface area (Å²) in [5.74, 6) is 1.97. The van der Waals surface area contributed by atoms with E-state index < -0.39 is 22.3 Å². The fourth-order valence-electron chi connectivity index (χ4n) is 3.04. The van der Waals surface area contributed by atoms with Crippen molar-refractivity contribution in [2.24, 2.45) is 0 Å². The van der Waals surface area contributed by atoms with Gasteiger partial charge >= 0.3 is 6.09 Å². The first-order valence-corrected chi connectivity index (χ1v) is 11.0. The number of hydrogen-bond donors (Lipinski definition) is 0. The van der Waals surface area contributed by atoms with E-state index in [1.54, 1.807) is 12.1 Å². The molecule has 2 saturated heterocycles. The van der Waals surface area contributed by atoms with Gasteiger partial charge in [-0.3, -0.25) is 9.08 Å². The Bertz CT molecular complexity index is 749. The van der Waals surface area contributed by atoms with E-state index >= 15 is 0 Å². The van der Waals surface area contributed by atoms with E-state index in [0.717, 1.165) is 30.6 Å². The first-order chi connectivity index (χ1) is 11.8. The number of cyclic esters (lactones) is 1. The van der Waals surface area contributed by atoms with Crippen molar-refractivity contribution in [1.29, 1.82) is 0 Å². The van der Waals surface area contributed by atoms with Gasteiger partial charge in [-0.2, -0.15) is 20.2 Å². The van der Waals surface area contributed by atoms with E-state index in [1.165, 1.54) is 11.0 Å². The minimum atomic E-state index is -3.61. The van der Waals surface area contributed by atoms with E-state index in [0.29, 0.717) is 11.3 Å². The van der Waals surface area contributed by atoms with Crippen LogP contribution >= 0.6 is 11.8 Å². The van der Waals surface area contributed by atoms with Crippen LogP contribution in [0.1, 0.15) is 24.3 Å². The van der Waals surface area contributed by atoms with E-state index in [1.807, 2.05) is 11.8 Å². The maximum absolute atomic E-state index is 14.5. The molecule has 2 heterocycles. The van der Waals surface area contributed by atoms with Crippen molar-refractivity contribution in [2.45, 2.75) is 24.9 Å². The highest BCUT2D eigenvalue weighted by molar-refractivity contribution is 7.99. The molecule has 9 heteroatoms. The van der Waals surface area contributed by atoms with Gasteiger partial charge < -0.3 is 4.74 Å². The van der Waals surface area contributed by atoms with Crippen LogP contribution in [0.3, 0.4) is 0 Å². The van der Waals surface area contributed by atoms with Crippen molar-refractivity contribution < 1.29 is 26.5 Å². The van der Waals surface area contributed by atoms with Crippen molar-refractivity contribution >= 4 is 33.7 Å². The molecule has 0 N–H and O–H groups in total. The maximum atomic E-state index is 14.5. The summed E-state index contributed by atoms with van der Waals surface area (Å²) in [4.78, 5) is 13.3. The fraction of sp³-hybridized carbons (Fsp3) is 0.562. The molecule has 25 heavy (non-hydrogen) atoms. The highest BCUT2D eigenvalue weighted by Crippen LogP contribution is 2.34. The fourth-order valence-corrected chi connectivity index (χ4v) is 4.55. The Morgan fingerprint density at radius 1 is 1.36 bits per heavy atom. The number of thioether (sulfide) groups is 1. The molecular formula is C16H20FNO5S2. The number of halogens is 1. The van der Waals surface area contributed by atoms with E-state index in [2.05, 4.69) is 4.18 Å². The van der Waals surface area contributed by atoms with Crippen LogP contribution < -0.4 is 4.90 Å². The molecule has 6 nitrogen and oxygen atoms in total. The van der Waals surface area contributed by atoms with Gasteiger partial charge in [0.2, 0.25) is 0 Å². The van der Waals surface area contributed by atoms with Gasteiger partial charge in [-0.05, 0) is 48.0 Å². The second-order valence-corrected chi connectivity index (χ2v) is 9.07. The molecule has 2 aliphatic rings. The molecule has 0 radical (unpaired) electrons. The van der Waals surface area contributed by atoms with Crippen LogP contribution in [0.4, 0.5) is 14.9 Å². The number of benzene rings is 1. The Hall–Kier alpha value is -1.32. The van der Waals surface area contributed by atoms with Gasteiger partial charge in [0.15, 0.2) is 0 Å². The molecule has 0 aromatic heterocycles. The topological polar surface area (TPSA) is 72.9 Å². The molecule has 1 atom stereocenters. The molecule has 1 aromatic carbocycles. The highest BCUT2D eigenvalue weighted by atomic mass is 32.2. The number of nitrogens with zero attached hydrogens (tertiary/aromatic N) is 1. The molecule has 3 rings (SSSR count). The molecule has 0 unspecified atom stereocenters. The lowest BCUT2D eigenvalue weighted by molar-refractivity contribution is 0.107. The zero-order chi connectivity index (χ0) is 18.0. The van der Waals surface area contributed by atoms with Crippen molar-refractivity contribution in [3.63, 3.8) is 0 Å². The third-order valence-corrected chi connectivity index (χ3v) is 5.91. The molecule has 0 spiro atoms. The molecule has 1 aromatic rings. The normalized spacial score (nSPS) is 22.2. The Morgan fingerprint density at radius 3 is 2.72 bits per heavy atom. The lowest BCUT2D eigenvalue weighted by atomic mass is 9.93. The second-order valence-electron chi connectivity index (χ2n) is 6.20. The quantitative estimate of drug-likeness (QED) is 0.721. The lowest BCUT2D eigenvalue weighted by Crippen LogP contribution is -2.26. The van der Waals surface area contributed by atoms with Gasteiger partial charge in [0.05, 0.1) is 18.5 Å². The Labute approximate surface area is 150 Å². The molecule has 1 amide bonds. The second kappa shape index (κ2) is 7.51. The summed E-state index contributed by atoms with van der Waals surface area (Å²) in [5, 5.41) is 0. The average Bonchev–Trinajstić information content (AvgIpc) is 2.94. The Kier molecular flexibility index (Phi) is 5.55. The van der Waals surface area contributed by atoms with Crippen LogP contribution in [0.2, 0.25) is 0 Å². The summed E-state index contributed by atoms with van der Waals surface area (Å²) in [7, 11) is -3.61. The predicted molar refractivity (Wildman–Crippen MR) is 94.1 cm³/mol. The SMILES string of the molecule is CS(=O)(=O)OC[C@H]1CN(c2ccc(C3CCSCC3)c(F)c2)C(=O)O1. The smallest absolute Gasteiger partial charge is 0.414 e. The zero-order valence-electron chi connectivity index (χ0n) is 13.8. The molecule has 2 aliphatic heterocycles. The van der Waals surface area contributed by atoms with Crippen LogP contribution in [-0.4, -0.2) is 51.5 Å². The molecular weight excluding hydrogens is 369 g/mol. The minimum absolute atomic E-state index is 0.118. The maximum Gasteiger partial charge on any atom is 0.414 e. The van der Waals surface area contributed by atoms with Gasteiger partial charge in [0.25, 0.3) is 10.1 Å². The third-order valence-electron chi connectivity index (χ3n) is 4.30.